The number of carbonyl (C=O) groups is 1. The molecule has 3 rings (SSSR count). The zero-order valence-corrected chi connectivity index (χ0v) is 17.3. The molecular weight excluding hydrogens is 409 g/mol. The molecule has 1 saturated heterocycles. The average Bonchev–Trinajstić information content (AvgIpc) is 3.02. The van der Waals surface area contributed by atoms with Crippen LogP contribution >= 0.6 is 0 Å². The quantitative estimate of drug-likeness (QED) is 0.675. The Morgan fingerprint density at radius 1 is 0.968 bits per heavy atom. The number of urea groups is 1. The Bertz CT molecular complexity index is 818. The second kappa shape index (κ2) is 10.9. The van der Waals surface area contributed by atoms with Gasteiger partial charge in [-0.15, -0.1) is 13.2 Å². The summed E-state index contributed by atoms with van der Waals surface area (Å²) in [6.07, 6.45) is 2.49. The van der Waals surface area contributed by atoms with Crippen molar-refractivity contribution in [3.63, 3.8) is 0 Å². The number of anilines is 1. The molecule has 1 aromatic heterocycles. The van der Waals surface area contributed by atoms with E-state index >= 15 is 0 Å². The monoisotopic (exact) mass is 436 g/mol. The van der Waals surface area contributed by atoms with E-state index in [-0.39, 0.29) is 11.8 Å². The van der Waals surface area contributed by atoms with Crippen LogP contribution in [0, 0.1) is 0 Å². The Kier molecular flexibility index (Phi) is 7.97. The van der Waals surface area contributed by atoms with Gasteiger partial charge in [0.1, 0.15) is 11.6 Å². The first-order chi connectivity index (χ1) is 14.9. The Labute approximate surface area is 179 Å². The lowest BCUT2D eigenvalue weighted by Crippen LogP contribution is -2.36. The first kappa shape index (κ1) is 22.7. The van der Waals surface area contributed by atoms with Crippen molar-refractivity contribution in [2.45, 2.75) is 45.0 Å². The highest BCUT2D eigenvalue weighted by Crippen LogP contribution is 2.22. The molecule has 0 unspecified atom stereocenters. The van der Waals surface area contributed by atoms with E-state index in [0.29, 0.717) is 19.5 Å². The van der Waals surface area contributed by atoms with E-state index in [0.717, 1.165) is 30.0 Å². The van der Waals surface area contributed by atoms with Crippen molar-refractivity contribution in [1.29, 1.82) is 0 Å². The fraction of sp³-hybridized carbons (Fsp3) is 0.455. The second-order valence-electron chi connectivity index (χ2n) is 7.48. The van der Waals surface area contributed by atoms with Gasteiger partial charge in [-0.25, -0.2) is 9.78 Å². The molecule has 0 atom stereocenters. The highest BCUT2D eigenvalue weighted by Gasteiger charge is 2.30. The third-order valence-corrected chi connectivity index (χ3v) is 5.05. The fourth-order valence-electron chi connectivity index (χ4n) is 3.43. The number of nitrogens with zero attached hydrogens (tertiary/aromatic N) is 2. The Hall–Kier alpha value is -2.97. The van der Waals surface area contributed by atoms with Gasteiger partial charge in [0.25, 0.3) is 0 Å². The van der Waals surface area contributed by atoms with E-state index in [9.17, 15) is 18.0 Å². The van der Waals surface area contributed by atoms with Gasteiger partial charge in [0.05, 0.1) is 0 Å². The number of ether oxygens (including phenoxy) is 1. The van der Waals surface area contributed by atoms with Crippen LogP contribution in [0.5, 0.6) is 5.75 Å². The van der Waals surface area contributed by atoms with Crippen molar-refractivity contribution >= 4 is 11.8 Å². The molecule has 2 heterocycles. The van der Waals surface area contributed by atoms with E-state index in [2.05, 4.69) is 25.3 Å². The number of benzene rings is 1. The number of rotatable bonds is 7. The molecule has 0 spiro atoms. The summed E-state index contributed by atoms with van der Waals surface area (Å²) >= 11 is 0. The second-order valence-corrected chi connectivity index (χ2v) is 7.48. The Balaban J connectivity index is 1.36. The van der Waals surface area contributed by atoms with Gasteiger partial charge in [-0.1, -0.05) is 31.0 Å². The minimum absolute atomic E-state index is 0.266. The van der Waals surface area contributed by atoms with E-state index in [1.54, 1.807) is 6.20 Å². The van der Waals surface area contributed by atoms with Crippen LogP contribution < -0.4 is 20.3 Å². The molecule has 2 N–H and O–H groups in total. The number of pyridine rings is 1. The van der Waals surface area contributed by atoms with Crippen molar-refractivity contribution < 1.29 is 22.7 Å². The van der Waals surface area contributed by atoms with E-state index in [4.69, 9.17) is 0 Å². The lowest BCUT2D eigenvalue weighted by molar-refractivity contribution is -0.274. The molecule has 31 heavy (non-hydrogen) atoms. The number of amides is 2. The topological polar surface area (TPSA) is 66.5 Å². The first-order valence-electron chi connectivity index (χ1n) is 10.5. The highest BCUT2D eigenvalue weighted by atomic mass is 19.4. The summed E-state index contributed by atoms with van der Waals surface area (Å²) in [5, 5.41) is 5.51. The van der Waals surface area contributed by atoms with Crippen LogP contribution in [0.4, 0.5) is 23.8 Å². The molecule has 1 aliphatic heterocycles. The van der Waals surface area contributed by atoms with Gasteiger partial charge in [-0.2, -0.15) is 0 Å². The summed E-state index contributed by atoms with van der Waals surface area (Å²) in [6.45, 7) is 2.79. The predicted molar refractivity (Wildman–Crippen MR) is 112 cm³/mol. The molecule has 2 amide bonds. The summed E-state index contributed by atoms with van der Waals surface area (Å²) in [5.41, 5.74) is 1.71. The number of hydrogen-bond donors (Lipinski definition) is 2. The number of aromatic nitrogens is 1. The highest BCUT2D eigenvalue weighted by molar-refractivity contribution is 5.73. The molecule has 2 aromatic rings. The maximum atomic E-state index is 12.2. The Morgan fingerprint density at radius 3 is 2.26 bits per heavy atom. The van der Waals surface area contributed by atoms with Crippen LogP contribution in [0.15, 0.2) is 42.6 Å². The first-order valence-corrected chi connectivity index (χ1v) is 10.5. The summed E-state index contributed by atoms with van der Waals surface area (Å²) in [7, 11) is 0. The van der Waals surface area contributed by atoms with Crippen LogP contribution in [0.1, 0.15) is 36.8 Å². The van der Waals surface area contributed by atoms with Gasteiger partial charge < -0.3 is 20.3 Å². The van der Waals surface area contributed by atoms with Gasteiger partial charge in [-0.05, 0) is 48.6 Å². The molecule has 168 valence electrons. The number of halogens is 3. The van der Waals surface area contributed by atoms with Gasteiger partial charge in [-0.3, -0.25) is 0 Å². The van der Waals surface area contributed by atoms with Crippen molar-refractivity contribution in [3.05, 3.63) is 53.7 Å². The summed E-state index contributed by atoms with van der Waals surface area (Å²) < 4.78 is 40.3. The third-order valence-electron chi connectivity index (χ3n) is 5.05. The molecule has 9 heteroatoms. The smallest absolute Gasteiger partial charge is 0.406 e. The van der Waals surface area contributed by atoms with Crippen LogP contribution in [0.2, 0.25) is 0 Å². The lowest BCUT2D eigenvalue weighted by Gasteiger charge is -2.21. The molecule has 6 nitrogen and oxygen atoms in total. The Morgan fingerprint density at radius 2 is 1.65 bits per heavy atom. The fourth-order valence-corrected chi connectivity index (χ4v) is 3.43. The van der Waals surface area contributed by atoms with Crippen molar-refractivity contribution in [3.8, 4) is 5.75 Å². The summed E-state index contributed by atoms with van der Waals surface area (Å²) in [4.78, 5) is 18.8. The maximum Gasteiger partial charge on any atom is 0.573 e. The number of carbonyl (C=O) groups excluding carboxylic acids is 1. The van der Waals surface area contributed by atoms with Crippen LogP contribution in [-0.4, -0.2) is 37.0 Å². The molecule has 0 saturated carbocycles. The molecule has 1 aromatic carbocycles. The number of alkyl halides is 3. The molecule has 0 radical (unpaired) electrons. The van der Waals surface area contributed by atoms with Crippen LogP contribution in [0.25, 0.3) is 0 Å². The standard InChI is InChI=1S/C22H27F3N4O2/c23-22(24,25)31-19-8-5-17(6-9-19)11-12-26-21(30)28-16-18-7-10-20(27-15-18)29-13-3-1-2-4-14-29/h5-10,15H,1-4,11-14,16H2,(H2,26,28,30). The van der Waals surface area contributed by atoms with Crippen molar-refractivity contribution in [2.75, 3.05) is 24.5 Å². The molecular formula is C22H27F3N4O2. The zero-order chi connectivity index (χ0) is 22.1. The molecule has 0 bridgehead atoms. The van der Waals surface area contributed by atoms with E-state index < -0.39 is 6.36 Å². The van der Waals surface area contributed by atoms with Gasteiger partial charge in [0, 0.05) is 32.4 Å². The van der Waals surface area contributed by atoms with Crippen molar-refractivity contribution in [1.82, 2.24) is 15.6 Å². The summed E-state index contributed by atoms with van der Waals surface area (Å²) in [5.74, 6) is 0.708. The molecule has 1 fully saturated rings. The molecule has 0 aliphatic carbocycles. The van der Waals surface area contributed by atoms with Crippen molar-refractivity contribution in [2.24, 2.45) is 0 Å². The summed E-state index contributed by atoms with van der Waals surface area (Å²) in [6, 6.07) is 9.24. The molecule has 1 aliphatic rings. The SMILES string of the molecule is O=C(NCCc1ccc(OC(F)(F)F)cc1)NCc1ccc(N2CCCCCC2)nc1. The maximum absolute atomic E-state index is 12.2. The third kappa shape index (κ3) is 7.99. The largest absolute Gasteiger partial charge is 0.573 e. The van der Waals surface area contributed by atoms with E-state index in [1.165, 1.54) is 49.9 Å². The normalized spacial score (nSPS) is 14.6. The predicted octanol–water partition coefficient (Wildman–Crippen LogP) is 4.40. The number of nitrogens with one attached hydrogen (secondary N) is 2. The minimum atomic E-state index is -4.70. The zero-order valence-electron chi connectivity index (χ0n) is 17.3. The van der Waals surface area contributed by atoms with Crippen LogP contribution in [0.3, 0.4) is 0 Å². The minimum Gasteiger partial charge on any atom is -0.406 e. The van der Waals surface area contributed by atoms with E-state index in [1.807, 2.05) is 12.1 Å². The van der Waals surface area contributed by atoms with Gasteiger partial charge in [0.15, 0.2) is 0 Å². The van der Waals surface area contributed by atoms with Gasteiger partial charge >= 0.3 is 12.4 Å². The number of hydrogen-bond acceptors (Lipinski definition) is 4. The average molecular weight is 436 g/mol. The van der Waals surface area contributed by atoms with Gasteiger partial charge in [0.2, 0.25) is 0 Å². The lowest BCUT2D eigenvalue weighted by atomic mass is 10.1. The van der Waals surface area contributed by atoms with Crippen LogP contribution in [-0.2, 0) is 13.0 Å².